The van der Waals surface area contributed by atoms with E-state index < -0.39 is 5.54 Å². The van der Waals surface area contributed by atoms with Crippen LogP contribution in [0.15, 0.2) is 10.4 Å². The largest absolute Gasteiger partial charge is 0.396 e. The lowest BCUT2D eigenvalue weighted by Gasteiger charge is -2.17. The van der Waals surface area contributed by atoms with Crippen LogP contribution >= 0.6 is 0 Å². The topological polar surface area (TPSA) is 79.1 Å². The normalized spacial score (nSPS) is 15.5. The van der Waals surface area contributed by atoms with Crippen molar-refractivity contribution in [3.63, 3.8) is 0 Å². The van der Waals surface area contributed by atoms with Crippen LogP contribution in [-0.2, 0) is 0 Å². The molecule has 0 fully saturated rings. The van der Waals surface area contributed by atoms with Crippen LogP contribution in [-0.4, -0.2) is 23.8 Å². The van der Waals surface area contributed by atoms with Crippen LogP contribution in [0, 0.1) is 9.81 Å². The number of nitroso groups, excluding NO2 is 2. The molecule has 0 spiro atoms. The molecule has 1 atom stereocenters. The van der Waals surface area contributed by atoms with E-state index in [2.05, 4.69) is 10.4 Å². The molecule has 0 saturated carbocycles. The fraction of sp³-hybridized carbons (Fsp3) is 1.00. The zero-order chi connectivity index (χ0) is 8.74. The average molecular weight is 160 g/mol. The third-order valence-electron chi connectivity index (χ3n) is 1.61. The summed E-state index contributed by atoms with van der Waals surface area (Å²) in [6, 6.07) is 0. The zero-order valence-corrected chi connectivity index (χ0v) is 6.49. The molecule has 0 radical (unpaired) electrons. The summed E-state index contributed by atoms with van der Waals surface area (Å²) in [5.41, 5.74) is -0.831. The molecule has 0 heterocycles. The summed E-state index contributed by atoms with van der Waals surface area (Å²) in [6.45, 7) is 1.57. The summed E-state index contributed by atoms with van der Waals surface area (Å²) in [5.74, 6) is 0. The van der Waals surface area contributed by atoms with E-state index in [-0.39, 0.29) is 19.6 Å². The highest BCUT2D eigenvalue weighted by atomic mass is 16.3. The number of aliphatic hydroxyl groups excluding tert-OH is 1. The Morgan fingerprint density at radius 1 is 1.36 bits per heavy atom. The minimum atomic E-state index is -0.831. The van der Waals surface area contributed by atoms with Gasteiger partial charge in [0.2, 0.25) is 0 Å². The molecule has 5 nitrogen and oxygen atoms in total. The van der Waals surface area contributed by atoms with Gasteiger partial charge in [-0.3, -0.25) is 0 Å². The molecule has 0 aliphatic rings. The molecule has 0 rings (SSSR count). The molecule has 64 valence electrons. The highest BCUT2D eigenvalue weighted by Gasteiger charge is 2.24. The van der Waals surface area contributed by atoms with E-state index in [1.165, 1.54) is 0 Å². The highest BCUT2D eigenvalue weighted by molar-refractivity contribution is 4.82. The summed E-state index contributed by atoms with van der Waals surface area (Å²) < 4.78 is 0. The Morgan fingerprint density at radius 3 is 2.36 bits per heavy atom. The Labute approximate surface area is 64.7 Å². The van der Waals surface area contributed by atoms with Gasteiger partial charge < -0.3 is 5.11 Å². The van der Waals surface area contributed by atoms with Crippen molar-refractivity contribution < 1.29 is 5.11 Å². The number of hydrogen-bond donors (Lipinski definition) is 1. The predicted octanol–water partition coefficient (Wildman–Crippen LogP) is 1.05. The minimum absolute atomic E-state index is 0.0717. The van der Waals surface area contributed by atoms with Gasteiger partial charge in [-0.25, -0.2) is 0 Å². The minimum Gasteiger partial charge on any atom is -0.396 e. The highest BCUT2D eigenvalue weighted by Crippen LogP contribution is 2.18. The van der Waals surface area contributed by atoms with E-state index in [0.29, 0.717) is 6.42 Å². The van der Waals surface area contributed by atoms with Gasteiger partial charge in [0.15, 0.2) is 0 Å². The fourth-order valence-corrected chi connectivity index (χ4v) is 0.744. The molecule has 0 amide bonds. The molecule has 0 aromatic heterocycles. The second kappa shape index (κ2) is 4.90. The van der Waals surface area contributed by atoms with E-state index in [0.717, 1.165) is 0 Å². The Bertz CT molecular complexity index is 140. The van der Waals surface area contributed by atoms with E-state index in [1.807, 2.05) is 0 Å². The van der Waals surface area contributed by atoms with E-state index in [9.17, 15) is 9.81 Å². The van der Waals surface area contributed by atoms with Crippen LogP contribution < -0.4 is 0 Å². The first-order valence-electron chi connectivity index (χ1n) is 3.43. The molecule has 0 bridgehead atoms. The van der Waals surface area contributed by atoms with Gasteiger partial charge in [0.25, 0.3) is 0 Å². The van der Waals surface area contributed by atoms with Crippen LogP contribution in [0.4, 0.5) is 0 Å². The van der Waals surface area contributed by atoms with Crippen molar-refractivity contribution in [2.24, 2.45) is 10.4 Å². The van der Waals surface area contributed by atoms with Crippen molar-refractivity contribution in [2.45, 2.75) is 25.3 Å². The first kappa shape index (κ1) is 10.2. The van der Waals surface area contributed by atoms with Crippen molar-refractivity contribution >= 4 is 0 Å². The number of rotatable bonds is 6. The van der Waals surface area contributed by atoms with E-state index >= 15 is 0 Å². The summed E-state index contributed by atoms with van der Waals surface area (Å²) in [4.78, 5) is 19.9. The van der Waals surface area contributed by atoms with Gasteiger partial charge in [0, 0.05) is 6.61 Å². The maximum Gasteiger partial charge on any atom is 0.104 e. The Kier molecular flexibility index (Phi) is 4.52. The third-order valence-corrected chi connectivity index (χ3v) is 1.61. The summed E-state index contributed by atoms with van der Waals surface area (Å²) in [6.07, 6.45) is 0.590. The Balaban J connectivity index is 3.86. The third kappa shape index (κ3) is 3.77. The summed E-state index contributed by atoms with van der Waals surface area (Å²) in [7, 11) is 0. The van der Waals surface area contributed by atoms with E-state index in [4.69, 9.17) is 5.11 Å². The number of nitrogens with zero attached hydrogens (tertiary/aromatic N) is 2. The molecular weight excluding hydrogens is 148 g/mol. The molecule has 11 heavy (non-hydrogen) atoms. The molecule has 5 heteroatoms. The quantitative estimate of drug-likeness (QED) is 0.590. The van der Waals surface area contributed by atoms with Crippen LogP contribution in [0.3, 0.4) is 0 Å². The predicted molar refractivity (Wildman–Crippen MR) is 41.2 cm³/mol. The molecule has 0 aromatic carbocycles. The van der Waals surface area contributed by atoms with Gasteiger partial charge in [-0.1, -0.05) is 10.4 Å². The zero-order valence-electron chi connectivity index (χ0n) is 6.49. The molecule has 0 aliphatic heterocycles. The maximum atomic E-state index is 10.2. The Hall–Kier alpha value is -0.840. The SMILES string of the molecule is CC(CCO)(CCN=O)N=O. The Morgan fingerprint density at radius 2 is 2.00 bits per heavy atom. The average Bonchev–Trinajstić information content (AvgIpc) is 2.02. The fourth-order valence-electron chi connectivity index (χ4n) is 0.744. The summed E-state index contributed by atoms with van der Waals surface area (Å²) >= 11 is 0. The lowest BCUT2D eigenvalue weighted by atomic mass is 9.95. The van der Waals surface area contributed by atoms with Crippen LogP contribution in [0.25, 0.3) is 0 Å². The molecule has 0 aromatic rings. The summed E-state index contributed by atoms with van der Waals surface area (Å²) in [5, 5.41) is 14.0. The smallest absolute Gasteiger partial charge is 0.104 e. The molecule has 1 N–H and O–H groups in total. The van der Waals surface area contributed by atoms with Gasteiger partial charge in [-0.05, 0) is 19.8 Å². The van der Waals surface area contributed by atoms with Crippen molar-refractivity contribution in [3.05, 3.63) is 9.81 Å². The van der Waals surface area contributed by atoms with Gasteiger partial charge >= 0.3 is 0 Å². The van der Waals surface area contributed by atoms with Crippen LogP contribution in [0.1, 0.15) is 19.8 Å². The van der Waals surface area contributed by atoms with Crippen molar-refractivity contribution in [1.29, 1.82) is 0 Å². The van der Waals surface area contributed by atoms with Crippen LogP contribution in [0.5, 0.6) is 0 Å². The molecule has 0 saturated heterocycles. The van der Waals surface area contributed by atoms with Crippen molar-refractivity contribution in [3.8, 4) is 0 Å². The molecular formula is C6H12N2O3. The monoisotopic (exact) mass is 160 g/mol. The second-order valence-electron chi connectivity index (χ2n) is 2.66. The first-order valence-corrected chi connectivity index (χ1v) is 3.43. The van der Waals surface area contributed by atoms with Crippen molar-refractivity contribution in [2.75, 3.05) is 13.2 Å². The maximum absolute atomic E-state index is 10.2. The van der Waals surface area contributed by atoms with Crippen molar-refractivity contribution in [1.82, 2.24) is 0 Å². The van der Waals surface area contributed by atoms with Gasteiger partial charge in [-0.15, -0.1) is 0 Å². The lowest BCUT2D eigenvalue weighted by molar-refractivity contribution is 0.241. The standard InChI is InChI=1S/C6H12N2O3/c1-6(8-11,3-5-9)2-4-7-10/h9H,2-5H2,1H3. The lowest BCUT2D eigenvalue weighted by Crippen LogP contribution is -2.23. The number of aliphatic hydroxyl groups is 1. The molecule has 1 unspecified atom stereocenters. The van der Waals surface area contributed by atoms with Crippen LogP contribution in [0.2, 0.25) is 0 Å². The second-order valence-corrected chi connectivity index (χ2v) is 2.66. The number of hydrogen-bond acceptors (Lipinski definition) is 5. The molecule has 0 aliphatic carbocycles. The van der Waals surface area contributed by atoms with Gasteiger partial charge in [0.05, 0.1) is 6.54 Å². The van der Waals surface area contributed by atoms with Gasteiger partial charge in [-0.2, -0.15) is 9.81 Å². The first-order chi connectivity index (χ1) is 5.18. The van der Waals surface area contributed by atoms with E-state index in [1.54, 1.807) is 6.92 Å². The van der Waals surface area contributed by atoms with Gasteiger partial charge in [0.1, 0.15) is 5.54 Å².